The van der Waals surface area contributed by atoms with Crippen LogP contribution in [-0.4, -0.2) is 41.9 Å². The molecule has 2 rings (SSSR count). The number of fused-ring (bicyclic) bond motifs is 1. The van der Waals surface area contributed by atoms with Crippen molar-refractivity contribution in [1.82, 2.24) is 9.88 Å². The number of hydrogen-bond donors (Lipinski definition) is 4. The van der Waals surface area contributed by atoms with Crippen molar-refractivity contribution >= 4 is 47.6 Å². The molecule has 0 aliphatic rings. The molecule has 0 radical (unpaired) electrons. The van der Waals surface area contributed by atoms with Gasteiger partial charge >= 0.3 is 0 Å². The lowest BCUT2D eigenvalue weighted by Crippen LogP contribution is -2.38. The van der Waals surface area contributed by atoms with Crippen molar-refractivity contribution in [2.24, 2.45) is 11.5 Å². The Kier molecular flexibility index (Phi) is 7.88. The van der Waals surface area contributed by atoms with Crippen LogP contribution < -0.4 is 16.2 Å². The Morgan fingerprint density at radius 2 is 2.04 bits per heavy atom. The highest BCUT2D eigenvalue weighted by Gasteiger charge is 2.18. The molecule has 2 aromatic rings. The van der Waals surface area contributed by atoms with Crippen LogP contribution in [0.2, 0.25) is 0 Å². The monoisotopic (exact) mass is 361 g/mol. The molecule has 0 spiro atoms. The average Bonchev–Trinajstić information content (AvgIpc) is 2.91. The van der Waals surface area contributed by atoms with Crippen LogP contribution in [0.15, 0.2) is 18.2 Å². The molecule has 1 heterocycles. The van der Waals surface area contributed by atoms with E-state index in [-0.39, 0.29) is 36.7 Å². The summed E-state index contributed by atoms with van der Waals surface area (Å²) < 4.78 is 5.58. The van der Waals surface area contributed by atoms with Crippen LogP contribution in [0.4, 0.5) is 0 Å². The van der Waals surface area contributed by atoms with Gasteiger partial charge in [0.15, 0.2) is 5.96 Å². The number of nitrogens with zero attached hydrogens (tertiary/aromatic N) is 1. The number of ether oxygens (including phenoxy) is 1. The summed E-state index contributed by atoms with van der Waals surface area (Å²) in [6, 6.07) is 5.50. The van der Waals surface area contributed by atoms with Gasteiger partial charge in [0.2, 0.25) is 0 Å². The standard InChI is InChI=1S/C14H19N5O2.2ClH/c1-8-3-4-11(21-6-5-15)12-9(8)7-10(18-12)13(20)19(2)14(16)17;;/h3-4,7,18H,5-6,15H2,1-2H3,(H3,16,17);2*1H. The van der Waals surface area contributed by atoms with Crippen molar-refractivity contribution < 1.29 is 9.53 Å². The number of halogens is 2. The summed E-state index contributed by atoms with van der Waals surface area (Å²) in [5, 5.41) is 8.21. The molecular weight excluding hydrogens is 341 g/mol. The SMILES string of the molecule is Cc1ccc(OCCN)c2[nH]c(C(=O)N(C)C(=N)N)cc12.Cl.Cl. The van der Waals surface area contributed by atoms with Crippen molar-refractivity contribution in [2.75, 3.05) is 20.2 Å². The topological polar surface area (TPSA) is 121 Å². The number of nitrogens with one attached hydrogen (secondary N) is 2. The van der Waals surface area contributed by atoms with Crippen molar-refractivity contribution in [3.05, 3.63) is 29.5 Å². The molecule has 1 aromatic heterocycles. The van der Waals surface area contributed by atoms with Crippen molar-refractivity contribution in [3.8, 4) is 5.75 Å². The lowest BCUT2D eigenvalue weighted by Gasteiger charge is -2.12. The zero-order valence-electron chi connectivity index (χ0n) is 12.9. The molecule has 0 fully saturated rings. The first-order valence-corrected chi connectivity index (χ1v) is 6.53. The summed E-state index contributed by atoms with van der Waals surface area (Å²) in [4.78, 5) is 16.3. The summed E-state index contributed by atoms with van der Waals surface area (Å²) in [7, 11) is 1.45. The zero-order chi connectivity index (χ0) is 15.6. The minimum Gasteiger partial charge on any atom is -0.490 e. The van der Waals surface area contributed by atoms with Gasteiger partial charge in [-0.1, -0.05) is 6.07 Å². The van der Waals surface area contributed by atoms with E-state index >= 15 is 0 Å². The van der Waals surface area contributed by atoms with Gasteiger partial charge in [0, 0.05) is 19.0 Å². The number of guanidine groups is 1. The van der Waals surface area contributed by atoms with E-state index in [4.69, 9.17) is 21.6 Å². The maximum Gasteiger partial charge on any atom is 0.276 e. The molecule has 0 saturated carbocycles. The molecule has 0 aliphatic heterocycles. The van der Waals surface area contributed by atoms with Crippen LogP contribution in [0.5, 0.6) is 5.75 Å². The fourth-order valence-electron chi connectivity index (χ4n) is 2.03. The van der Waals surface area contributed by atoms with Crippen molar-refractivity contribution in [3.63, 3.8) is 0 Å². The summed E-state index contributed by atoms with van der Waals surface area (Å²) in [6.45, 7) is 2.76. The number of H-pyrrole nitrogens is 1. The molecule has 9 heteroatoms. The van der Waals surface area contributed by atoms with Gasteiger partial charge in [0.1, 0.15) is 18.1 Å². The largest absolute Gasteiger partial charge is 0.490 e. The molecule has 1 aromatic carbocycles. The van der Waals surface area contributed by atoms with E-state index in [1.807, 2.05) is 19.1 Å². The second-order valence-electron chi connectivity index (χ2n) is 4.74. The fraction of sp³-hybridized carbons (Fsp3) is 0.286. The Labute approximate surface area is 146 Å². The molecule has 7 nitrogen and oxygen atoms in total. The number of hydrogen-bond acceptors (Lipinski definition) is 4. The predicted octanol–water partition coefficient (Wildman–Crippen LogP) is 1.62. The highest BCUT2D eigenvalue weighted by atomic mass is 35.5. The van der Waals surface area contributed by atoms with Crippen LogP contribution in [0.25, 0.3) is 10.9 Å². The van der Waals surface area contributed by atoms with Crippen LogP contribution >= 0.6 is 24.8 Å². The Balaban J connectivity index is 0.00000242. The van der Waals surface area contributed by atoms with Gasteiger partial charge in [0.05, 0.1) is 5.52 Å². The van der Waals surface area contributed by atoms with E-state index in [0.717, 1.165) is 21.4 Å². The third-order valence-electron chi connectivity index (χ3n) is 3.25. The molecule has 128 valence electrons. The number of aromatic nitrogens is 1. The molecule has 1 amide bonds. The van der Waals surface area contributed by atoms with Crippen LogP contribution in [-0.2, 0) is 0 Å². The smallest absolute Gasteiger partial charge is 0.276 e. The second kappa shape index (κ2) is 8.61. The first-order valence-electron chi connectivity index (χ1n) is 6.53. The first-order chi connectivity index (χ1) is 9.95. The predicted molar refractivity (Wildman–Crippen MR) is 96.1 cm³/mol. The fourth-order valence-corrected chi connectivity index (χ4v) is 2.03. The highest BCUT2D eigenvalue weighted by molar-refractivity contribution is 6.06. The maximum absolute atomic E-state index is 12.2. The molecule has 0 aliphatic carbocycles. The molecule has 0 unspecified atom stereocenters. The van der Waals surface area contributed by atoms with Gasteiger partial charge in [-0.05, 0) is 24.6 Å². The zero-order valence-corrected chi connectivity index (χ0v) is 14.5. The molecule has 23 heavy (non-hydrogen) atoms. The lowest BCUT2D eigenvalue weighted by atomic mass is 10.1. The molecule has 0 atom stereocenters. The summed E-state index contributed by atoms with van der Waals surface area (Å²) in [6.07, 6.45) is 0. The molecule has 0 saturated heterocycles. The molecular formula is C14H21Cl2N5O2. The molecule has 0 bridgehead atoms. The van der Waals surface area contributed by atoms with Gasteiger partial charge in [-0.3, -0.25) is 15.1 Å². The average molecular weight is 362 g/mol. The van der Waals surface area contributed by atoms with Gasteiger partial charge in [-0.25, -0.2) is 0 Å². The Morgan fingerprint density at radius 3 is 2.61 bits per heavy atom. The number of amides is 1. The third-order valence-corrected chi connectivity index (χ3v) is 3.25. The number of rotatable bonds is 4. The number of aryl methyl sites for hydroxylation is 1. The minimum atomic E-state index is -0.372. The second-order valence-corrected chi connectivity index (χ2v) is 4.74. The Hall–Kier alpha value is -1.96. The Morgan fingerprint density at radius 1 is 1.39 bits per heavy atom. The number of carbonyl (C=O) groups excluding carboxylic acids is 1. The highest BCUT2D eigenvalue weighted by Crippen LogP contribution is 2.29. The van der Waals surface area contributed by atoms with Crippen LogP contribution in [0, 0.1) is 12.3 Å². The van der Waals surface area contributed by atoms with E-state index < -0.39 is 0 Å². The third kappa shape index (κ3) is 4.28. The normalized spacial score (nSPS) is 9.70. The summed E-state index contributed by atoms with van der Waals surface area (Å²) in [5.74, 6) is -0.0385. The van der Waals surface area contributed by atoms with Gasteiger partial charge in [-0.2, -0.15) is 0 Å². The number of nitrogens with two attached hydrogens (primary N) is 2. The van der Waals surface area contributed by atoms with Crippen LogP contribution in [0.3, 0.4) is 0 Å². The summed E-state index contributed by atoms with van der Waals surface area (Å²) >= 11 is 0. The first kappa shape index (κ1) is 21.0. The Bertz CT molecular complexity index is 702. The van der Waals surface area contributed by atoms with Gasteiger partial charge in [-0.15, -0.1) is 24.8 Å². The van der Waals surface area contributed by atoms with E-state index in [1.165, 1.54) is 7.05 Å². The van der Waals surface area contributed by atoms with E-state index in [2.05, 4.69) is 4.98 Å². The number of benzene rings is 1. The quantitative estimate of drug-likeness (QED) is 0.488. The van der Waals surface area contributed by atoms with E-state index in [0.29, 0.717) is 24.6 Å². The van der Waals surface area contributed by atoms with Gasteiger partial charge < -0.3 is 21.2 Å². The van der Waals surface area contributed by atoms with E-state index in [1.54, 1.807) is 6.07 Å². The lowest BCUT2D eigenvalue weighted by molar-refractivity contribution is 0.0864. The van der Waals surface area contributed by atoms with Crippen molar-refractivity contribution in [2.45, 2.75) is 6.92 Å². The number of carbonyl (C=O) groups is 1. The molecule has 6 N–H and O–H groups in total. The van der Waals surface area contributed by atoms with Crippen LogP contribution in [0.1, 0.15) is 16.1 Å². The van der Waals surface area contributed by atoms with E-state index in [9.17, 15) is 4.79 Å². The minimum absolute atomic E-state index is 0. The maximum atomic E-state index is 12.2. The summed E-state index contributed by atoms with van der Waals surface area (Å²) in [5.41, 5.74) is 12.9. The van der Waals surface area contributed by atoms with Crippen molar-refractivity contribution in [1.29, 1.82) is 5.41 Å². The van der Waals surface area contributed by atoms with Gasteiger partial charge in [0.25, 0.3) is 5.91 Å². The number of aromatic amines is 1.